The van der Waals surface area contributed by atoms with Crippen LogP contribution in [0.4, 0.5) is 4.39 Å². The summed E-state index contributed by atoms with van der Waals surface area (Å²) in [5.41, 5.74) is 2.19. The van der Waals surface area contributed by atoms with E-state index in [1.165, 1.54) is 6.07 Å². The quantitative estimate of drug-likeness (QED) is 0.814. The molecular weight excluding hydrogens is 371 g/mol. The van der Waals surface area contributed by atoms with Crippen LogP contribution >= 0.6 is 0 Å². The molecule has 2 aromatic carbocycles. The summed E-state index contributed by atoms with van der Waals surface area (Å²) < 4.78 is 14.2. The molecule has 29 heavy (non-hydrogen) atoms. The van der Waals surface area contributed by atoms with E-state index in [0.717, 1.165) is 17.5 Å². The van der Waals surface area contributed by atoms with E-state index in [4.69, 9.17) is 0 Å². The van der Waals surface area contributed by atoms with Crippen molar-refractivity contribution >= 4 is 11.8 Å². The fourth-order valence-electron chi connectivity index (χ4n) is 3.86. The van der Waals surface area contributed by atoms with E-state index in [2.05, 4.69) is 0 Å². The number of hydrogen-bond donors (Lipinski definition) is 1. The molecule has 6 heteroatoms. The number of rotatable bonds is 6. The molecule has 2 amide bonds. The van der Waals surface area contributed by atoms with Crippen LogP contribution in [-0.4, -0.2) is 59.5 Å². The minimum Gasteiger partial charge on any atom is -0.387 e. The summed E-state index contributed by atoms with van der Waals surface area (Å²) in [4.78, 5) is 28.5. The Morgan fingerprint density at radius 3 is 2.69 bits per heavy atom. The molecule has 0 radical (unpaired) electrons. The average molecular weight is 398 g/mol. The Bertz CT molecular complexity index is 871. The molecule has 1 unspecified atom stereocenters. The van der Waals surface area contributed by atoms with Crippen molar-refractivity contribution in [2.24, 2.45) is 5.92 Å². The summed E-state index contributed by atoms with van der Waals surface area (Å²) in [5.74, 6) is -1.02. The Hall–Kier alpha value is -2.73. The van der Waals surface area contributed by atoms with Crippen molar-refractivity contribution in [1.29, 1.82) is 0 Å². The van der Waals surface area contributed by atoms with Crippen molar-refractivity contribution < 1.29 is 19.1 Å². The monoisotopic (exact) mass is 398 g/mol. The third-order valence-electron chi connectivity index (χ3n) is 5.32. The summed E-state index contributed by atoms with van der Waals surface area (Å²) in [5, 5.41) is 9.25. The van der Waals surface area contributed by atoms with Crippen molar-refractivity contribution in [3.05, 3.63) is 59.9 Å². The Morgan fingerprint density at radius 2 is 1.97 bits per heavy atom. The second-order valence-electron chi connectivity index (χ2n) is 7.40. The van der Waals surface area contributed by atoms with Gasteiger partial charge in [-0.3, -0.25) is 9.59 Å². The zero-order valence-corrected chi connectivity index (χ0v) is 16.7. The second-order valence-corrected chi connectivity index (χ2v) is 7.40. The summed E-state index contributed by atoms with van der Waals surface area (Å²) in [6.07, 6.45) is 1.30. The van der Waals surface area contributed by atoms with Crippen molar-refractivity contribution in [2.75, 3.05) is 32.8 Å². The number of amides is 2. The molecule has 1 aliphatic rings. The van der Waals surface area contributed by atoms with E-state index in [9.17, 15) is 19.1 Å². The maximum absolute atomic E-state index is 14.2. The molecule has 0 aliphatic carbocycles. The second kappa shape index (κ2) is 9.65. The van der Waals surface area contributed by atoms with Crippen LogP contribution in [0.15, 0.2) is 48.5 Å². The van der Waals surface area contributed by atoms with Gasteiger partial charge in [-0.1, -0.05) is 49.4 Å². The minimum atomic E-state index is -0.558. The van der Waals surface area contributed by atoms with E-state index < -0.39 is 12.5 Å². The van der Waals surface area contributed by atoms with Gasteiger partial charge in [-0.15, -0.1) is 0 Å². The molecule has 0 saturated carbocycles. The highest BCUT2D eigenvalue weighted by Crippen LogP contribution is 2.25. The molecule has 1 atom stereocenters. The number of halogens is 1. The molecule has 0 spiro atoms. The molecule has 154 valence electrons. The third kappa shape index (κ3) is 5.01. The number of hydrogen-bond acceptors (Lipinski definition) is 3. The van der Waals surface area contributed by atoms with Gasteiger partial charge in [0.25, 0.3) is 0 Å². The van der Waals surface area contributed by atoms with Crippen LogP contribution in [0.25, 0.3) is 11.1 Å². The molecule has 1 fully saturated rings. The fraction of sp³-hybridized carbons (Fsp3) is 0.391. The summed E-state index contributed by atoms with van der Waals surface area (Å²) in [7, 11) is 0. The number of aliphatic hydroxyl groups excluding tert-OH is 1. The van der Waals surface area contributed by atoms with Gasteiger partial charge in [0.2, 0.25) is 11.8 Å². The van der Waals surface area contributed by atoms with Crippen molar-refractivity contribution in [1.82, 2.24) is 9.80 Å². The lowest BCUT2D eigenvalue weighted by molar-refractivity contribution is -0.135. The minimum absolute atomic E-state index is 0.0244. The lowest BCUT2D eigenvalue weighted by atomic mass is 9.94. The van der Waals surface area contributed by atoms with Crippen LogP contribution < -0.4 is 0 Å². The van der Waals surface area contributed by atoms with Crippen molar-refractivity contribution in [2.45, 2.75) is 19.8 Å². The predicted octanol–water partition coefficient (Wildman–Crippen LogP) is 2.72. The number of carbonyl (C=O) groups excluding carboxylic acids is 2. The molecule has 5 nitrogen and oxygen atoms in total. The highest BCUT2D eigenvalue weighted by molar-refractivity contribution is 5.82. The molecule has 1 N–H and O–H groups in total. The molecule has 3 rings (SSSR count). The Morgan fingerprint density at radius 1 is 1.17 bits per heavy atom. The maximum atomic E-state index is 14.2. The predicted molar refractivity (Wildman–Crippen MR) is 110 cm³/mol. The number of carbonyl (C=O) groups is 2. The van der Waals surface area contributed by atoms with Gasteiger partial charge in [0.05, 0.1) is 5.92 Å². The van der Waals surface area contributed by atoms with Gasteiger partial charge in [0, 0.05) is 31.7 Å². The maximum Gasteiger partial charge on any atom is 0.248 e. The average Bonchev–Trinajstić information content (AvgIpc) is 2.88. The number of benzene rings is 2. The van der Waals surface area contributed by atoms with Crippen LogP contribution in [0.5, 0.6) is 0 Å². The Balaban J connectivity index is 1.85. The molecule has 0 aromatic heterocycles. The van der Waals surface area contributed by atoms with E-state index in [1.807, 2.05) is 31.2 Å². The largest absolute Gasteiger partial charge is 0.387 e. The highest BCUT2D eigenvalue weighted by atomic mass is 19.1. The number of nitrogens with zero attached hydrogens (tertiary/aromatic N) is 2. The van der Waals surface area contributed by atoms with Crippen molar-refractivity contribution in [3.8, 4) is 11.1 Å². The zero-order chi connectivity index (χ0) is 20.8. The van der Waals surface area contributed by atoms with E-state index >= 15 is 0 Å². The molecule has 2 aromatic rings. The van der Waals surface area contributed by atoms with Gasteiger partial charge in [0.15, 0.2) is 0 Å². The van der Waals surface area contributed by atoms with E-state index in [0.29, 0.717) is 31.6 Å². The van der Waals surface area contributed by atoms with E-state index in [-0.39, 0.29) is 24.2 Å². The van der Waals surface area contributed by atoms with Gasteiger partial charge < -0.3 is 14.9 Å². The van der Waals surface area contributed by atoms with Gasteiger partial charge in [-0.25, -0.2) is 4.39 Å². The highest BCUT2D eigenvalue weighted by Gasteiger charge is 2.31. The lowest BCUT2D eigenvalue weighted by Gasteiger charge is -2.24. The molecule has 1 saturated heterocycles. The standard InChI is InChI=1S/C23H27FN2O3/c1-2-10-25-11-12-26(22(28)16-27)15-19(23(25)29)14-17-6-5-7-18(13-17)20-8-3-4-9-21(20)24/h3-9,13,19,27H,2,10-12,14-16H2,1H3. The first-order valence-corrected chi connectivity index (χ1v) is 10.0. The third-order valence-corrected chi connectivity index (χ3v) is 5.32. The Labute approximate surface area is 170 Å². The lowest BCUT2D eigenvalue weighted by Crippen LogP contribution is -2.39. The van der Waals surface area contributed by atoms with Gasteiger partial charge >= 0.3 is 0 Å². The molecule has 0 bridgehead atoms. The molecule has 1 heterocycles. The summed E-state index contributed by atoms with van der Waals surface area (Å²) >= 11 is 0. The van der Waals surface area contributed by atoms with Crippen LogP contribution in [0.1, 0.15) is 18.9 Å². The van der Waals surface area contributed by atoms with Gasteiger partial charge in [-0.2, -0.15) is 0 Å². The smallest absolute Gasteiger partial charge is 0.248 e. The van der Waals surface area contributed by atoms with E-state index in [1.54, 1.807) is 28.0 Å². The van der Waals surface area contributed by atoms with Crippen LogP contribution in [0, 0.1) is 11.7 Å². The first-order chi connectivity index (χ1) is 14.0. The summed E-state index contributed by atoms with van der Waals surface area (Å²) in [6.45, 7) is 3.29. The Kier molecular flexibility index (Phi) is 6.99. The van der Waals surface area contributed by atoms with Gasteiger partial charge in [-0.05, 0) is 30.0 Å². The van der Waals surface area contributed by atoms with Crippen LogP contribution in [0.2, 0.25) is 0 Å². The normalized spacial score (nSPS) is 17.3. The van der Waals surface area contributed by atoms with Crippen molar-refractivity contribution in [3.63, 3.8) is 0 Å². The number of aliphatic hydroxyl groups is 1. The molecular formula is C23H27FN2O3. The zero-order valence-electron chi connectivity index (χ0n) is 16.7. The van der Waals surface area contributed by atoms with Crippen LogP contribution in [-0.2, 0) is 16.0 Å². The SMILES string of the molecule is CCCN1CCN(C(=O)CO)CC(Cc2cccc(-c3ccccc3F)c2)C1=O. The van der Waals surface area contributed by atoms with Crippen LogP contribution in [0.3, 0.4) is 0 Å². The first kappa shape index (κ1) is 21.0. The summed E-state index contributed by atoms with van der Waals surface area (Å²) in [6, 6.07) is 14.1. The first-order valence-electron chi connectivity index (χ1n) is 10.0. The molecule has 1 aliphatic heterocycles. The van der Waals surface area contributed by atoms with Gasteiger partial charge in [0.1, 0.15) is 12.4 Å². The topological polar surface area (TPSA) is 60.9 Å². The fourth-order valence-corrected chi connectivity index (χ4v) is 3.86.